The summed E-state index contributed by atoms with van der Waals surface area (Å²) in [7, 11) is 0. The van der Waals surface area contributed by atoms with Crippen LogP contribution in [-0.4, -0.2) is 16.7 Å². The molecule has 2 heterocycles. The summed E-state index contributed by atoms with van der Waals surface area (Å²) >= 11 is 3.08. The fraction of sp³-hybridized carbons (Fsp3) is 0.0870. The van der Waals surface area contributed by atoms with Gasteiger partial charge in [0, 0.05) is 34.8 Å². The van der Waals surface area contributed by atoms with E-state index in [1.165, 1.54) is 28.4 Å². The normalized spacial score (nSPS) is 10.8. The van der Waals surface area contributed by atoms with Crippen LogP contribution in [0.2, 0.25) is 0 Å². The monoisotopic (exact) mass is 422 g/mol. The summed E-state index contributed by atoms with van der Waals surface area (Å²) < 4.78 is 15.3. The van der Waals surface area contributed by atoms with Gasteiger partial charge in [0.15, 0.2) is 0 Å². The van der Waals surface area contributed by atoms with Gasteiger partial charge in [-0.25, -0.2) is 4.39 Å². The molecular formula is C23H19FN2OS2. The lowest BCUT2D eigenvalue weighted by atomic mass is 10.1. The minimum absolute atomic E-state index is 0.124. The third kappa shape index (κ3) is 4.28. The number of thioether (sulfide) groups is 1. The van der Waals surface area contributed by atoms with Crippen LogP contribution in [0.4, 0.5) is 4.39 Å². The number of carbonyl (C=O) groups excluding carboxylic acids is 1. The van der Waals surface area contributed by atoms with Gasteiger partial charge in [-0.05, 0) is 53.8 Å². The van der Waals surface area contributed by atoms with E-state index in [4.69, 9.17) is 0 Å². The first-order valence-electron chi connectivity index (χ1n) is 9.07. The van der Waals surface area contributed by atoms with E-state index in [1.54, 1.807) is 23.9 Å². The predicted molar refractivity (Wildman–Crippen MR) is 118 cm³/mol. The zero-order valence-electron chi connectivity index (χ0n) is 15.8. The Kier molecular flexibility index (Phi) is 5.83. The highest BCUT2D eigenvalue weighted by Crippen LogP contribution is 2.35. The highest BCUT2D eigenvalue weighted by molar-refractivity contribution is 7.98. The van der Waals surface area contributed by atoms with Gasteiger partial charge in [0.25, 0.3) is 5.91 Å². The minimum atomic E-state index is -0.281. The zero-order valence-corrected chi connectivity index (χ0v) is 17.4. The lowest BCUT2D eigenvalue weighted by Gasteiger charge is -2.10. The molecule has 1 N–H and O–H groups in total. The topological polar surface area (TPSA) is 34.0 Å². The van der Waals surface area contributed by atoms with Crippen molar-refractivity contribution in [2.24, 2.45) is 0 Å². The summed E-state index contributed by atoms with van der Waals surface area (Å²) in [5, 5.41) is 4.97. The Morgan fingerprint density at radius 1 is 1.07 bits per heavy atom. The van der Waals surface area contributed by atoms with Crippen LogP contribution in [0.3, 0.4) is 0 Å². The average molecular weight is 423 g/mol. The number of amides is 1. The molecule has 0 spiro atoms. The molecule has 0 aliphatic heterocycles. The third-order valence-corrected chi connectivity index (χ3v) is 6.31. The lowest BCUT2D eigenvalue weighted by Crippen LogP contribution is -2.23. The summed E-state index contributed by atoms with van der Waals surface area (Å²) in [5.41, 5.74) is 3.63. The number of aromatic nitrogens is 1. The maximum atomic E-state index is 13.4. The van der Waals surface area contributed by atoms with Gasteiger partial charge >= 0.3 is 0 Å². The number of halogens is 1. The second-order valence-electron chi connectivity index (χ2n) is 6.46. The Balaban J connectivity index is 1.62. The van der Waals surface area contributed by atoms with Gasteiger partial charge in [-0.15, -0.1) is 23.1 Å². The largest absolute Gasteiger partial charge is 0.347 e. The Bertz CT molecular complexity index is 1100. The fourth-order valence-electron chi connectivity index (χ4n) is 3.09. The summed E-state index contributed by atoms with van der Waals surface area (Å²) in [5.74, 6) is -0.405. The van der Waals surface area contributed by atoms with E-state index in [1.807, 2.05) is 52.9 Å². The summed E-state index contributed by atoms with van der Waals surface area (Å²) in [6, 6.07) is 18.3. The van der Waals surface area contributed by atoms with Crippen LogP contribution in [0.1, 0.15) is 15.2 Å². The number of carbonyl (C=O) groups is 1. The van der Waals surface area contributed by atoms with Gasteiger partial charge in [0.2, 0.25) is 0 Å². The van der Waals surface area contributed by atoms with E-state index in [0.29, 0.717) is 11.4 Å². The van der Waals surface area contributed by atoms with Crippen molar-refractivity contribution in [3.63, 3.8) is 0 Å². The second kappa shape index (κ2) is 8.68. The molecule has 0 radical (unpaired) electrons. The maximum absolute atomic E-state index is 13.4. The first-order chi connectivity index (χ1) is 14.2. The maximum Gasteiger partial charge on any atom is 0.263 e. The predicted octanol–water partition coefficient (Wildman–Crippen LogP) is 6.00. The number of nitrogens with one attached hydrogen (secondary N) is 1. The summed E-state index contributed by atoms with van der Waals surface area (Å²) in [6.07, 6.45) is 5.86. The molecule has 0 saturated carbocycles. The van der Waals surface area contributed by atoms with Crippen LogP contribution >= 0.6 is 23.1 Å². The summed E-state index contributed by atoms with van der Waals surface area (Å²) in [4.78, 5) is 14.8. The number of nitrogens with zero attached hydrogens (tertiary/aromatic N) is 1. The molecule has 2 aromatic carbocycles. The number of benzene rings is 2. The van der Waals surface area contributed by atoms with E-state index in [2.05, 4.69) is 17.4 Å². The van der Waals surface area contributed by atoms with Crippen LogP contribution < -0.4 is 5.32 Å². The molecule has 4 aromatic rings. The molecule has 1 amide bonds. The standard InChI is InChI=1S/C23H19FN2OS2/c1-28-19-10-4-16(5-11-19)14-25-23(27)22-21(26-12-2-3-13-26)20(15-29-22)17-6-8-18(24)9-7-17/h2-13,15H,14H2,1H3,(H,25,27). The first-order valence-corrected chi connectivity index (χ1v) is 11.2. The van der Waals surface area contributed by atoms with Crippen molar-refractivity contribution >= 4 is 29.0 Å². The van der Waals surface area contributed by atoms with Crippen LogP contribution in [0.25, 0.3) is 16.8 Å². The molecule has 0 atom stereocenters. The van der Waals surface area contributed by atoms with Crippen molar-refractivity contribution in [1.29, 1.82) is 0 Å². The number of hydrogen-bond acceptors (Lipinski definition) is 3. The van der Waals surface area contributed by atoms with Gasteiger partial charge in [0.1, 0.15) is 10.7 Å². The van der Waals surface area contributed by atoms with Crippen molar-refractivity contribution < 1.29 is 9.18 Å². The Hall–Kier alpha value is -2.83. The van der Waals surface area contributed by atoms with Gasteiger partial charge in [0.05, 0.1) is 5.69 Å². The third-order valence-electron chi connectivity index (χ3n) is 4.60. The minimum Gasteiger partial charge on any atom is -0.347 e. The molecule has 2 aromatic heterocycles. The van der Waals surface area contributed by atoms with Crippen molar-refractivity contribution in [3.8, 4) is 16.8 Å². The smallest absolute Gasteiger partial charge is 0.263 e. The highest BCUT2D eigenvalue weighted by atomic mass is 32.2. The second-order valence-corrected chi connectivity index (χ2v) is 8.21. The molecule has 0 bridgehead atoms. The molecular weight excluding hydrogens is 403 g/mol. The van der Waals surface area contributed by atoms with Crippen LogP contribution in [0.5, 0.6) is 0 Å². The first kappa shape index (κ1) is 19.5. The van der Waals surface area contributed by atoms with E-state index in [0.717, 1.165) is 22.4 Å². The zero-order chi connectivity index (χ0) is 20.2. The molecule has 146 valence electrons. The molecule has 0 saturated heterocycles. The quantitative estimate of drug-likeness (QED) is 0.387. The van der Waals surface area contributed by atoms with Crippen molar-refractivity contribution in [3.05, 3.63) is 94.7 Å². The number of hydrogen-bond donors (Lipinski definition) is 1. The molecule has 4 rings (SSSR count). The Labute approximate surface area is 177 Å². The Morgan fingerprint density at radius 3 is 2.41 bits per heavy atom. The van der Waals surface area contributed by atoms with Crippen molar-refractivity contribution in [2.45, 2.75) is 11.4 Å². The van der Waals surface area contributed by atoms with Crippen molar-refractivity contribution in [2.75, 3.05) is 6.26 Å². The Morgan fingerprint density at radius 2 is 1.76 bits per heavy atom. The molecule has 0 aliphatic rings. The number of thiophene rings is 1. The SMILES string of the molecule is CSc1ccc(CNC(=O)c2scc(-c3ccc(F)cc3)c2-n2cccc2)cc1. The van der Waals surface area contributed by atoms with Crippen molar-refractivity contribution in [1.82, 2.24) is 9.88 Å². The molecule has 6 heteroatoms. The van der Waals surface area contributed by atoms with Gasteiger partial charge in [-0.1, -0.05) is 24.3 Å². The summed E-state index contributed by atoms with van der Waals surface area (Å²) in [6.45, 7) is 0.461. The molecule has 3 nitrogen and oxygen atoms in total. The van der Waals surface area contributed by atoms with E-state index >= 15 is 0 Å². The van der Waals surface area contributed by atoms with Gasteiger partial charge in [-0.3, -0.25) is 4.79 Å². The molecule has 0 aliphatic carbocycles. The van der Waals surface area contributed by atoms with Crippen LogP contribution in [-0.2, 0) is 6.54 Å². The fourth-order valence-corrected chi connectivity index (χ4v) is 4.49. The van der Waals surface area contributed by atoms with E-state index < -0.39 is 0 Å². The molecule has 0 unspecified atom stereocenters. The molecule has 0 fully saturated rings. The van der Waals surface area contributed by atoms with Gasteiger partial charge in [-0.2, -0.15) is 0 Å². The van der Waals surface area contributed by atoms with E-state index in [-0.39, 0.29) is 11.7 Å². The van der Waals surface area contributed by atoms with Gasteiger partial charge < -0.3 is 9.88 Å². The van der Waals surface area contributed by atoms with Crippen LogP contribution in [0.15, 0.2) is 83.3 Å². The highest BCUT2D eigenvalue weighted by Gasteiger charge is 2.20. The average Bonchev–Trinajstić information content (AvgIpc) is 3.42. The lowest BCUT2D eigenvalue weighted by molar-refractivity contribution is 0.0955. The van der Waals surface area contributed by atoms with E-state index in [9.17, 15) is 9.18 Å². The molecule has 29 heavy (non-hydrogen) atoms. The van der Waals surface area contributed by atoms with Crippen LogP contribution in [0, 0.1) is 5.82 Å². The number of rotatable bonds is 6.